The van der Waals surface area contributed by atoms with Gasteiger partial charge in [0.1, 0.15) is 12.4 Å². The van der Waals surface area contributed by atoms with Crippen molar-refractivity contribution in [3.63, 3.8) is 0 Å². The summed E-state index contributed by atoms with van der Waals surface area (Å²) in [6.45, 7) is 3.23. The summed E-state index contributed by atoms with van der Waals surface area (Å²) < 4.78 is 5.79. The van der Waals surface area contributed by atoms with Crippen molar-refractivity contribution in [2.45, 2.75) is 31.9 Å². The van der Waals surface area contributed by atoms with Crippen molar-refractivity contribution >= 4 is 23.8 Å². The molecule has 2 atom stereocenters. The van der Waals surface area contributed by atoms with E-state index in [1.165, 1.54) is 4.90 Å². The number of piperazine rings is 1. The number of nitrogens with one attached hydrogen (secondary N) is 1. The van der Waals surface area contributed by atoms with Gasteiger partial charge in [-0.05, 0) is 68.1 Å². The number of hydrogen-bond acceptors (Lipinski definition) is 6. The monoisotopic (exact) mass is 534 g/mol. The first-order valence-electron chi connectivity index (χ1n) is 13.5. The van der Waals surface area contributed by atoms with Crippen molar-refractivity contribution in [1.29, 1.82) is 0 Å². The van der Waals surface area contributed by atoms with Crippen LogP contribution in [-0.4, -0.2) is 88.9 Å². The Hall–Kier alpha value is -3.92. The highest BCUT2D eigenvalue weighted by molar-refractivity contribution is 6.07. The summed E-state index contributed by atoms with van der Waals surface area (Å²) in [4.78, 5) is 55.0. The Bertz CT molecular complexity index is 1190. The molecule has 0 radical (unpaired) electrons. The van der Waals surface area contributed by atoms with E-state index < -0.39 is 29.9 Å². The number of aliphatic carboxylic acids is 1. The number of hydrogen-bond donors (Lipinski definition) is 2. The minimum absolute atomic E-state index is 0.151. The standard InChI is InChI=1S/C29H34N4O6/c34-26(22-6-8-23(9-7-22)39-19-21-4-2-1-3-5-21)31-14-16-32(17-15-31)29(38)33-25(28(36)37)24(27(33)35)18-20-10-12-30-13-11-20/h1-9,20,24-25,30H,10-19H2,(H,36,37)/t24-,25+/m1/s1. The van der Waals surface area contributed by atoms with E-state index >= 15 is 0 Å². The van der Waals surface area contributed by atoms with E-state index in [9.17, 15) is 24.3 Å². The molecule has 0 saturated carbocycles. The number of likely N-dealkylation sites (tertiary alicyclic amines) is 1. The summed E-state index contributed by atoms with van der Waals surface area (Å²) in [6, 6.07) is 15.1. The molecule has 2 aromatic carbocycles. The van der Waals surface area contributed by atoms with Crippen molar-refractivity contribution in [3.8, 4) is 5.75 Å². The molecule has 3 aliphatic heterocycles. The summed E-state index contributed by atoms with van der Waals surface area (Å²) >= 11 is 0. The van der Waals surface area contributed by atoms with Crippen molar-refractivity contribution in [1.82, 2.24) is 20.0 Å². The molecule has 10 nitrogen and oxygen atoms in total. The zero-order valence-electron chi connectivity index (χ0n) is 21.8. The van der Waals surface area contributed by atoms with Gasteiger partial charge in [-0.15, -0.1) is 0 Å². The Morgan fingerprint density at radius 3 is 2.18 bits per heavy atom. The fourth-order valence-corrected chi connectivity index (χ4v) is 5.62. The number of β-lactam (4-membered cyclic amide) rings is 1. The number of nitrogens with zero attached hydrogens (tertiary/aromatic N) is 3. The summed E-state index contributed by atoms with van der Waals surface area (Å²) in [6.07, 6.45) is 2.31. The van der Waals surface area contributed by atoms with E-state index in [0.717, 1.165) is 36.4 Å². The van der Waals surface area contributed by atoms with Gasteiger partial charge in [0.2, 0.25) is 5.91 Å². The Balaban J connectivity index is 1.12. The lowest BCUT2D eigenvalue weighted by Gasteiger charge is -2.47. The van der Waals surface area contributed by atoms with Gasteiger partial charge in [0.25, 0.3) is 5.91 Å². The lowest BCUT2D eigenvalue weighted by Crippen LogP contribution is -2.69. The molecule has 0 spiro atoms. The molecule has 0 unspecified atom stereocenters. The largest absolute Gasteiger partial charge is 0.489 e. The molecule has 10 heteroatoms. The summed E-state index contributed by atoms with van der Waals surface area (Å²) in [5, 5.41) is 13.0. The molecule has 0 aromatic heterocycles. The van der Waals surface area contributed by atoms with Gasteiger partial charge >= 0.3 is 12.0 Å². The van der Waals surface area contributed by atoms with Crippen LogP contribution in [0.1, 0.15) is 35.2 Å². The number of piperidine rings is 1. The van der Waals surface area contributed by atoms with Crippen molar-refractivity contribution in [3.05, 3.63) is 65.7 Å². The second kappa shape index (κ2) is 11.9. The maximum Gasteiger partial charge on any atom is 0.327 e. The Morgan fingerprint density at radius 2 is 1.54 bits per heavy atom. The van der Waals surface area contributed by atoms with Crippen molar-refractivity contribution in [2.75, 3.05) is 39.3 Å². The highest BCUT2D eigenvalue weighted by Gasteiger charge is 2.56. The molecular weight excluding hydrogens is 500 g/mol. The van der Waals surface area contributed by atoms with Crippen LogP contribution in [0.25, 0.3) is 0 Å². The number of amides is 4. The molecule has 0 aliphatic carbocycles. The zero-order valence-corrected chi connectivity index (χ0v) is 21.8. The summed E-state index contributed by atoms with van der Waals surface area (Å²) in [5.41, 5.74) is 1.57. The van der Waals surface area contributed by atoms with Crippen LogP contribution in [0, 0.1) is 11.8 Å². The molecule has 0 bridgehead atoms. The predicted molar refractivity (Wildman–Crippen MR) is 142 cm³/mol. The van der Waals surface area contributed by atoms with E-state index in [0.29, 0.717) is 43.3 Å². The Kier molecular flexibility index (Phi) is 8.11. The number of benzene rings is 2. The van der Waals surface area contributed by atoms with Crippen LogP contribution in [0.2, 0.25) is 0 Å². The van der Waals surface area contributed by atoms with Gasteiger partial charge < -0.3 is 25.0 Å². The molecule has 39 heavy (non-hydrogen) atoms. The van der Waals surface area contributed by atoms with Gasteiger partial charge in [-0.25, -0.2) is 14.5 Å². The summed E-state index contributed by atoms with van der Waals surface area (Å²) in [5.74, 6) is -1.40. The molecule has 3 saturated heterocycles. The lowest BCUT2D eigenvalue weighted by molar-refractivity contribution is -0.167. The van der Waals surface area contributed by atoms with E-state index in [4.69, 9.17) is 4.74 Å². The quantitative estimate of drug-likeness (QED) is 0.524. The van der Waals surface area contributed by atoms with Gasteiger partial charge in [0.15, 0.2) is 6.04 Å². The van der Waals surface area contributed by atoms with E-state index in [-0.39, 0.29) is 19.0 Å². The van der Waals surface area contributed by atoms with Crippen LogP contribution in [0.15, 0.2) is 54.6 Å². The molecule has 206 valence electrons. The third-order valence-corrected chi connectivity index (χ3v) is 7.91. The zero-order chi connectivity index (χ0) is 27.4. The smallest absolute Gasteiger partial charge is 0.327 e. The fraction of sp³-hybridized carbons (Fsp3) is 0.448. The molecule has 2 aromatic rings. The third kappa shape index (κ3) is 5.90. The molecule has 3 heterocycles. The van der Waals surface area contributed by atoms with Crippen molar-refractivity contribution in [2.24, 2.45) is 11.8 Å². The first-order valence-corrected chi connectivity index (χ1v) is 13.5. The van der Waals surface area contributed by atoms with Gasteiger partial charge in [-0.1, -0.05) is 30.3 Å². The summed E-state index contributed by atoms with van der Waals surface area (Å²) in [7, 11) is 0. The van der Waals surface area contributed by atoms with Gasteiger partial charge in [0, 0.05) is 31.7 Å². The number of carbonyl (C=O) groups is 4. The minimum Gasteiger partial charge on any atom is -0.489 e. The highest BCUT2D eigenvalue weighted by Crippen LogP contribution is 2.35. The second-order valence-electron chi connectivity index (χ2n) is 10.4. The number of rotatable bonds is 7. The molecule has 5 rings (SSSR count). The first-order chi connectivity index (χ1) is 18.9. The lowest BCUT2D eigenvalue weighted by atomic mass is 9.78. The maximum atomic E-state index is 13.1. The third-order valence-electron chi connectivity index (χ3n) is 7.91. The van der Waals surface area contributed by atoms with Crippen LogP contribution >= 0.6 is 0 Å². The molecular formula is C29H34N4O6. The Morgan fingerprint density at radius 1 is 0.897 bits per heavy atom. The SMILES string of the molecule is O=C(O)[C@@H]1[C@@H](CC2CCNCC2)C(=O)N1C(=O)N1CCN(C(=O)c2ccc(OCc3ccccc3)cc2)CC1. The first kappa shape index (κ1) is 26.7. The molecule has 4 amide bonds. The fourth-order valence-electron chi connectivity index (χ4n) is 5.62. The topological polar surface area (TPSA) is 119 Å². The van der Waals surface area contributed by atoms with Crippen LogP contribution in [0.3, 0.4) is 0 Å². The van der Waals surface area contributed by atoms with E-state index in [2.05, 4.69) is 5.32 Å². The van der Waals surface area contributed by atoms with Crippen molar-refractivity contribution < 1.29 is 29.0 Å². The average molecular weight is 535 g/mol. The van der Waals surface area contributed by atoms with E-state index in [1.807, 2.05) is 30.3 Å². The number of carboxylic acid groups (broad SMARTS) is 1. The van der Waals surface area contributed by atoms with Crippen LogP contribution in [-0.2, 0) is 16.2 Å². The van der Waals surface area contributed by atoms with Crippen LogP contribution in [0.5, 0.6) is 5.75 Å². The van der Waals surface area contributed by atoms with Gasteiger partial charge in [-0.2, -0.15) is 0 Å². The number of carboxylic acids is 1. The van der Waals surface area contributed by atoms with Gasteiger partial charge in [-0.3, -0.25) is 9.59 Å². The van der Waals surface area contributed by atoms with E-state index in [1.54, 1.807) is 29.2 Å². The normalized spacial score (nSPS) is 21.8. The van der Waals surface area contributed by atoms with Crippen LogP contribution < -0.4 is 10.1 Å². The molecule has 2 N–H and O–H groups in total. The number of ether oxygens (including phenoxy) is 1. The molecule has 3 fully saturated rings. The Labute approximate surface area is 227 Å². The number of urea groups is 1. The predicted octanol–water partition coefficient (Wildman–Crippen LogP) is 2.44. The molecule has 3 aliphatic rings. The van der Waals surface area contributed by atoms with Gasteiger partial charge in [0.05, 0.1) is 5.92 Å². The second-order valence-corrected chi connectivity index (χ2v) is 10.4. The maximum absolute atomic E-state index is 13.1. The highest BCUT2D eigenvalue weighted by atomic mass is 16.5. The number of imide groups is 1. The number of carbonyl (C=O) groups excluding carboxylic acids is 3. The average Bonchev–Trinajstić information content (AvgIpc) is 2.98. The van der Waals surface area contributed by atoms with Crippen LogP contribution in [0.4, 0.5) is 4.79 Å². The minimum atomic E-state index is -1.15.